The Morgan fingerprint density at radius 2 is 1.80 bits per heavy atom. The molecule has 0 saturated heterocycles. The van der Waals surface area contributed by atoms with Crippen LogP contribution in [-0.2, 0) is 16.1 Å². The van der Waals surface area contributed by atoms with Crippen LogP contribution < -0.4 is 24.4 Å². The predicted octanol–water partition coefficient (Wildman–Crippen LogP) is 5.07. The Hall–Kier alpha value is -5.03. The summed E-state index contributed by atoms with van der Waals surface area (Å²) >= 11 is 1.24. The number of thiazole rings is 1. The third-order valence-corrected chi connectivity index (χ3v) is 7.78. The molecule has 0 spiro atoms. The van der Waals surface area contributed by atoms with Crippen molar-refractivity contribution in [2.75, 3.05) is 6.61 Å². The molecule has 4 aromatic rings. The van der Waals surface area contributed by atoms with Gasteiger partial charge in [0.15, 0.2) is 4.80 Å². The molecule has 3 aromatic carbocycles. The zero-order valence-electron chi connectivity index (χ0n) is 24.7. The number of aromatic nitrogens is 1. The molecular weight excluding hydrogens is 582 g/mol. The van der Waals surface area contributed by atoms with E-state index in [9.17, 15) is 19.7 Å². The summed E-state index contributed by atoms with van der Waals surface area (Å²) in [6.07, 6.45) is 1.42. The van der Waals surface area contributed by atoms with E-state index < -0.39 is 16.9 Å². The molecule has 44 heavy (non-hydrogen) atoms. The molecule has 226 valence electrons. The molecule has 10 nitrogen and oxygen atoms in total. The maximum absolute atomic E-state index is 13.9. The molecule has 1 aliphatic heterocycles. The standard InChI is InChI=1S/C33H31N3O7S/c1-5-41-26-15-11-24(12-16-26)30-29(32(38)43-20(2)3)21(4)34-33-35(30)31(37)28(44-33)18-23-7-6-8-27(17-23)42-19-22-9-13-25(14-10-22)36(39)40/h6-18,20,30H,5,19H2,1-4H3/b28-18+/t30-/m1/s1. The first-order valence-corrected chi connectivity index (χ1v) is 14.9. The Labute approximate surface area is 257 Å². The molecule has 0 radical (unpaired) electrons. The van der Waals surface area contributed by atoms with E-state index in [-0.39, 0.29) is 24.0 Å². The van der Waals surface area contributed by atoms with E-state index in [2.05, 4.69) is 4.99 Å². The summed E-state index contributed by atoms with van der Waals surface area (Å²) in [5.41, 5.74) is 2.78. The number of fused-ring (bicyclic) bond motifs is 1. The number of hydrogen-bond donors (Lipinski definition) is 0. The van der Waals surface area contributed by atoms with Crippen LogP contribution in [0, 0.1) is 10.1 Å². The van der Waals surface area contributed by atoms with E-state index in [0.717, 1.165) is 16.7 Å². The summed E-state index contributed by atoms with van der Waals surface area (Å²) in [6, 6.07) is 20.1. The summed E-state index contributed by atoms with van der Waals surface area (Å²) in [6.45, 7) is 7.95. The lowest BCUT2D eigenvalue weighted by Crippen LogP contribution is -2.40. The van der Waals surface area contributed by atoms with Gasteiger partial charge < -0.3 is 14.2 Å². The predicted molar refractivity (Wildman–Crippen MR) is 166 cm³/mol. The normalized spacial score (nSPS) is 14.7. The van der Waals surface area contributed by atoms with Crippen molar-refractivity contribution in [1.82, 2.24) is 4.57 Å². The van der Waals surface area contributed by atoms with Crippen LogP contribution in [0.1, 0.15) is 50.4 Å². The first-order valence-electron chi connectivity index (χ1n) is 14.1. The highest BCUT2D eigenvalue weighted by Crippen LogP contribution is 2.32. The fourth-order valence-electron chi connectivity index (χ4n) is 4.81. The van der Waals surface area contributed by atoms with E-state index in [4.69, 9.17) is 14.2 Å². The van der Waals surface area contributed by atoms with Crippen LogP contribution in [0.2, 0.25) is 0 Å². The quantitative estimate of drug-likeness (QED) is 0.139. The van der Waals surface area contributed by atoms with E-state index in [0.29, 0.717) is 38.7 Å². The lowest BCUT2D eigenvalue weighted by molar-refractivity contribution is -0.384. The fraction of sp³-hybridized carbons (Fsp3) is 0.242. The van der Waals surface area contributed by atoms with Gasteiger partial charge in [-0.15, -0.1) is 0 Å². The van der Waals surface area contributed by atoms with Crippen molar-refractivity contribution in [1.29, 1.82) is 0 Å². The Morgan fingerprint density at radius 3 is 2.45 bits per heavy atom. The second kappa shape index (κ2) is 13.1. The van der Waals surface area contributed by atoms with Crippen LogP contribution in [0.5, 0.6) is 11.5 Å². The number of rotatable bonds is 10. The first kappa shape index (κ1) is 30.4. The van der Waals surface area contributed by atoms with Crippen LogP contribution in [0.3, 0.4) is 0 Å². The molecule has 1 aromatic heterocycles. The van der Waals surface area contributed by atoms with Crippen LogP contribution in [0.15, 0.2) is 93.9 Å². The molecule has 0 unspecified atom stereocenters. The molecular formula is C33H31N3O7S. The van der Waals surface area contributed by atoms with Crippen LogP contribution in [0.25, 0.3) is 6.08 Å². The van der Waals surface area contributed by atoms with Crippen molar-refractivity contribution < 1.29 is 23.9 Å². The molecule has 5 rings (SSSR count). The summed E-state index contributed by atoms with van der Waals surface area (Å²) < 4.78 is 19.1. The van der Waals surface area contributed by atoms with Gasteiger partial charge in [-0.2, -0.15) is 0 Å². The molecule has 1 aliphatic rings. The summed E-state index contributed by atoms with van der Waals surface area (Å²) in [5.74, 6) is 0.741. The van der Waals surface area contributed by atoms with Crippen molar-refractivity contribution in [3.05, 3.63) is 131 Å². The number of nitro groups is 1. The van der Waals surface area contributed by atoms with Gasteiger partial charge in [0.1, 0.15) is 18.1 Å². The van der Waals surface area contributed by atoms with Gasteiger partial charge in [-0.1, -0.05) is 35.6 Å². The summed E-state index contributed by atoms with van der Waals surface area (Å²) in [5, 5.41) is 10.9. The van der Waals surface area contributed by atoms with Gasteiger partial charge in [-0.3, -0.25) is 19.5 Å². The van der Waals surface area contributed by atoms with Crippen LogP contribution in [-0.4, -0.2) is 28.2 Å². The number of nitro benzene ring substituents is 1. The second-order valence-corrected chi connectivity index (χ2v) is 11.3. The SMILES string of the molecule is CCOc1ccc([C@@H]2C(C(=O)OC(C)C)=C(C)N=c3s/c(=C/c4cccc(OCc5ccc([N+](=O)[O-])cc5)c4)c(=O)n32)cc1. The molecule has 0 saturated carbocycles. The molecule has 0 N–H and O–H groups in total. The third kappa shape index (κ3) is 6.63. The fourth-order valence-corrected chi connectivity index (χ4v) is 5.86. The Balaban J connectivity index is 1.50. The average Bonchev–Trinajstić information content (AvgIpc) is 3.29. The molecule has 0 fully saturated rings. The average molecular weight is 614 g/mol. The Morgan fingerprint density at radius 1 is 1.07 bits per heavy atom. The highest BCUT2D eigenvalue weighted by Gasteiger charge is 2.33. The van der Waals surface area contributed by atoms with Crippen molar-refractivity contribution >= 4 is 29.1 Å². The number of benzene rings is 3. The summed E-state index contributed by atoms with van der Waals surface area (Å²) in [4.78, 5) is 42.8. The summed E-state index contributed by atoms with van der Waals surface area (Å²) in [7, 11) is 0. The lowest BCUT2D eigenvalue weighted by Gasteiger charge is -2.25. The smallest absolute Gasteiger partial charge is 0.338 e. The van der Waals surface area contributed by atoms with E-state index >= 15 is 0 Å². The zero-order chi connectivity index (χ0) is 31.4. The molecule has 0 bridgehead atoms. The molecule has 1 atom stereocenters. The van der Waals surface area contributed by atoms with Gasteiger partial charge in [-0.05, 0) is 86.9 Å². The molecule has 2 heterocycles. The van der Waals surface area contributed by atoms with Gasteiger partial charge in [0.2, 0.25) is 0 Å². The van der Waals surface area contributed by atoms with E-state index in [1.807, 2.05) is 49.4 Å². The maximum Gasteiger partial charge on any atom is 0.338 e. The minimum absolute atomic E-state index is 0.0149. The number of esters is 1. The van der Waals surface area contributed by atoms with Crippen molar-refractivity contribution in [3.63, 3.8) is 0 Å². The van der Waals surface area contributed by atoms with Gasteiger partial charge in [0.25, 0.3) is 11.2 Å². The Bertz CT molecular complexity index is 1910. The lowest BCUT2D eigenvalue weighted by atomic mass is 9.96. The number of hydrogen-bond acceptors (Lipinski definition) is 9. The van der Waals surface area contributed by atoms with E-state index in [1.165, 1.54) is 23.5 Å². The topological polar surface area (TPSA) is 122 Å². The number of allylic oxidation sites excluding steroid dienone is 1. The van der Waals surface area contributed by atoms with Gasteiger partial charge in [0, 0.05) is 12.1 Å². The van der Waals surface area contributed by atoms with Crippen molar-refractivity contribution in [2.24, 2.45) is 4.99 Å². The minimum Gasteiger partial charge on any atom is -0.494 e. The van der Waals surface area contributed by atoms with E-state index in [1.54, 1.807) is 49.6 Å². The number of carbonyl (C=O) groups excluding carboxylic acids is 1. The van der Waals surface area contributed by atoms with Gasteiger partial charge >= 0.3 is 5.97 Å². The number of nitrogens with zero attached hydrogens (tertiary/aromatic N) is 3. The van der Waals surface area contributed by atoms with Gasteiger partial charge in [0.05, 0.1) is 39.5 Å². The monoisotopic (exact) mass is 613 g/mol. The second-order valence-electron chi connectivity index (χ2n) is 10.3. The minimum atomic E-state index is -0.730. The Kier molecular flexibility index (Phi) is 9.05. The first-order chi connectivity index (χ1) is 21.1. The maximum atomic E-state index is 13.9. The van der Waals surface area contributed by atoms with Crippen LogP contribution >= 0.6 is 11.3 Å². The highest BCUT2D eigenvalue weighted by atomic mass is 32.1. The third-order valence-electron chi connectivity index (χ3n) is 6.80. The van der Waals surface area contributed by atoms with Crippen molar-refractivity contribution in [3.8, 4) is 11.5 Å². The largest absolute Gasteiger partial charge is 0.494 e. The molecule has 0 amide bonds. The zero-order valence-corrected chi connectivity index (χ0v) is 25.5. The van der Waals surface area contributed by atoms with Crippen molar-refractivity contribution in [2.45, 2.75) is 46.4 Å². The number of non-ortho nitro benzene ring substituents is 1. The number of carbonyl (C=O) groups is 1. The van der Waals surface area contributed by atoms with Crippen LogP contribution in [0.4, 0.5) is 5.69 Å². The number of ether oxygens (including phenoxy) is 3. The molecule has 0 aliphatic carbocycles. The highest BCUT2D eigenvalue weighted by molar-refractivity contribution is 7.07. The molecule has 11 heteroatoms. The van der Waals surface area contributed by atoms with Gasteiger partial charge in [-0.25, -0.2) is 9.79 Å².